The lowest BCUT2D eigenvalue weighted by atomic mass is 10.3. The van der Waals surface area contributed by atoms with E-state index in [0.717, 1.165) is 18.7 Å². The normalized spacial score (nSPS) is 14.1. The average molecular weight is 255 g/mol. The standard InChI is InChI=1S/C13H13N5O/c14-8-10-2-1-6-15-12(10)16-7-5-11-17-13(18-19-11)9-3-4-9/h1-2,6,9H,3-5,7H2,(H,15,16). The van der Waals surface area contributed by atoms with Gasteiger partial charge in [-0.2, -0.15) is 10.2 Å². The van der Waals surface area contributed by atoms with Crippen LogP contribution in [0.3, 0.4) is 0 Å². The predicted octanol–water partition coefficient (Wildman–Crippen LogP) is 1.87. The second kappa shape index (κ2) is 5.06. The SMILES string of the molecule is N#Cc1cccnc1NCCc1nc(C2CC2)no1. The summed E-state index contributed by atoms with van der Waals surface area (Å²) in [4.78, 5) is 8.47. The first-order valence-electron chi connectivity index (χ1n) is 6.28. The molecule has 0 unspecified atom stereocenters. The van der Waals surface area contributed by atoms with Crippen LogP contribution in [0.4, 0.5) is 5.82 Å². The van der Waals surface area contributed by atoms with Crippen LogP contribution in [-0.4, -0.2) is 21.7 Å². The molecule has 6 nitrogen and oxygen atoms in total. The van der Waals surface area contributed by atoms with Crippen molar-refractivity contribution in [3.63, 3.8) is 0 Å². The van der Waals surface area contributed by atoms with Crippen LogP contribution in [0.25, 0.3) is 0 Å². The second-order valence-electron chi connectivity index (χ2n) is 4.51. The quantitative estimate of drug-likeness (QED) is 0.877. The highest BCUT2D eigenvalue weighted by molar-refractivity contribution is 5.51. The number of hydrogen-bond acceptors (Lipinski definition) is 6. The molecule has 0 radical (unpaired) electrons. The van der Waals surface area contributed by atoms with Gasteiger partial charge in [-0.1, -0.05) is 5.16 Å². The molecular weight excluding hydrogens is 242 g/mol. The highest BCUT2D eigenvalue weighted by atomic mass is 16.5. The van der Waals surface area contributed by atoms with Crippen LogP contribution in [0.5, 0.6) is 0 Å². The molecule has 0 aliphatic heterocycles. The fourth-order valence-electron chi connectivity index (χ4n) is 1.80. The van der Waals surface area contributed by atoms with E-state index in [2.05, 4.69) is 26.5 Å². The lowest BCUT2D eigenvalue weighted by molar-refractivity contribution is 0.375. The summed E-state index contributed by atoms with van der Waals surface area (Å²) in [5.41, 5.74) is 0.534. The van der Waals surface area contributed by atoms with E-state index in [1.165, 1.54) is 0 Å². The third-order valence-corrected chi connectivity index (χ3v) is 2.99. The van der Waals surface area contributed by atoms with E-state index in [1.807, 2.05) is 0 Å². The van der Waals surface area contributed by atoms with Crippen LogP contribution >= 0.6 is 0 Å². The molecule has 1 fully saturated rings. The summed E-state index contributed by atoms with van der Waals surface area (Å²) in [5.74, 6) is 2.55. The van der Waals surface area contributed by atoms with Crippen LogP contribution in [-0.2, 0) is 6.42 Å². The molecule has 6 heteroatoms. The molecule has 1 N–H and O–H groups in total. The van der Waals surface area contributed by atoms with E-state index in [4.69, 9.17) is 9.78 Å². The van der Waals surface area contributed by atoms with Crippen LogP contribution in [0, 0.1) is 11.3 Å². The smallest absolute Gasteiger partial charge is 0.228 e. The van der Waals surface area contributed by atoms with E-state index in [1.54, 1.807) is 18.3 Å². The van der Waals surface area contributed by atoms with Crippen LogP contribution < -0.4 is 5.32 Å². The second-order valence-corrected chi connectivity index (χ2v) is 4.51. The number of rotatable bonds is 5. The zero-order valence-electron chi connectivity index (χ0n) is 10.3. The number of nitriles is 1. The van der Waals surface area contributed by atoms with Crippen molar-refractivity contribution in [2.45, 2.75) is 25.2 Å². The molecule has 3 rings (SSSR count). The molecule has 2 aromatic rings. The van der Waals surface area contributed by atoms with Gasteiger partial charge in [-0.05, 0) is 25.0 Å². The Kier molecular flexibility index (Phi) is 3.11. The molecule has 19 heavy (non-hydrogen) atoms. The fraction of sp³-hybridized carbons (Fsp3) is 0.385. The summed E-state index contributed by atoms with van der Waals surface area (Å²) in [6.07, 6.45) is 4.61. The van der Waals surface area contributed by atoms with Gasteiger partial charge in [0.05, 0.1) is 5.56 Å². The number of nitrogens with one attached hydrogen (secondary N) is 1. The van der Waals surface area contributed by atoms with Gasteiger partial charge in [0.1, 0.15) is 11.9 Å². The van der Waals surface area contributed by atoms with E-state index in [0.29, 0.717) is 36.2 Å². The van der Waals surface area contributed by atoms with Crippen LogP contribution in [0.1, 0.15) is 36.0 Å². The Balaban J connectivity index is 1.56. The summed E-state index contributed by atoms with van der Waals surface area (Å²) in [6, 6.07) is 5.56. The molecule has 1 saturated carbocycles. The van der Waals surface area contributed by atoms with Gasteiger partial charge in [-0.15, -0.1) is 0 Å². The number of aromatic nitrogens is 3. The molecule has 1 aliphatic carbocycles. The van der Waals surface area contributed by atoms with Crippen molar-refractivity contribution < 1.29 is 4.52 Å². The topological polar surface area (TPSA) is 87.6 Å². The van der Waals surface area contributed by atoms with E-state index < -0.39 is 0 Å². The molecule has 0 aromatic carbocycles. The first-order valence-corrected chi connectivity index (χ1v) is 6.28. The minimum Gasteiger partial charge on any atom is -0.368 e. The van der Waals surface area contributed by atoms with Crippen LogP contribution in [0.15, 0.2) is 22.9 Å². The largest absolute Gasteiger partial charge is 0.368 e. The summed E-state index contributed by atoms with van der Waals surface area (Å²) < 4.78 is 5.17. The molecular formula is C13H13N5O. The lowest BCUT2D eigenvalue weighted by Crippen LogP contribution is -2.07. The molecule has 2 aromatic heterocycles. The summed E-state index contributed by atoms with van der Waals surface area (Å²) in [5, 5.41) is 16.0. The highest BCUT2D eigenvalue weighted by Gasteiger charge is 2.28. The van der Waals surface area contributed by atoms with Gasteiger partial charge in [0, 0.05) is 25.1 Å². The van der Waals surface area contributed by atoms with E-state index in [9.17, 15) is 0 Å². The van der Waals surface area contributed by atoms with Crippen molar-refractivity contribution in [3.05, 3.63) is 35.6 Å². The summed E-state index contributed by atoms with van der Waals surface area (Å²) in [6.45, 7) is 0.609. The molecule has 96 valence electrons. The zero-order chi connectivity index (χ0) is 13.1. The highest BCUT2D eigenvalue weighted by Crippen LogP contribution is 2.38. The van der Waals surface area contributed by atoms with Crippen molar-refractivity contribution >= 4 is 5.82 Å². The number of nitrogens with zero attached hydrogens (tertiary/aromatic N) is 4. The number of anilines is 1. The van der Waals surface area contributed by atoms with Gasteiger partial charge in [-0.3, -0.25) is 0 Å². The lowest BCUT2D eigenvalue weighted by Gasteiger charge is -2.04. The molecule has 0 saturated heterocycles. The molecule has 1 aliphatic rings. The monoisotopic (exact) mass is 255 g/mol. The van der Waals surface area contributed by atoms with Crippen molar-refractivity contribution in [3.8, 4) is 6.07 Å². The van der Waals surface area contributed by atoms with Gasteiger partial charge < -0.3 is 9.84 Å². The Morgan fingerprint density at radius 1 is 1.47 bits per heavy atom. The minimum absolute atomic E-state index is 0.506. The number of pyridine rings is 1. The van der Waals surface area contributed by atoms with Gasteiger partial charge in [0.2, 0.25) is 5.89 Å². The predicted molar refractivity (Wildman–Crippen MR) is 67.4 cm³/mol. The molecule has 2 heterocycles. The van der Waals surface area contributed by atoms with Gasteiger partial charge in [0.15, 0.2) is 5.82 Å². The average Bonchev–Trinajstić information content (AvgIpc) is 3.19. The molecule has 0 atom stereocenters. The molecule has 0 bridgehead atoms. The van der Waals surface area contributed by atoms with Crippen LogP contribution in [0.2, 0.25) is 0 Å². The Labute approximate surface area is 110 Å². The summed E-state index contributed by atoms with van der Waals surface area (Å²) >= 11 is 0. The van der Waals surface area contributed by atoms with E-state index >= 15 is 0 Å². The summed E-state index contributed by atoms with van der Waals surface area (Å²) in [7, 11) is 0. The molecule has 0 amide bonds. The first-order chi connectivity index (χ1) is 9.36. The fourth-order valence-corrected chi connectivity index (χ4v) is 1.80. The Bertz CT molecular complexity index is 611. The Morgan fingerprint density at radius 3 is 3.16 bits per heavy atom. The zero-order valence-corrected chi connectivity index (χ0v) is 10.3. The Morgan fingerprint density at radius 2 is 2.37 bits per heavy atom. The number of hydrogen-bond donors (Lipinski definition) is 1. The maximum atomic E-state index is 8.94. The third-order valence-electron chi connectivity index (χ3n) is 2.99. The first kappa shape index (κ1) is 11.7. The molecule has 0 spiro atoms. The third kappa shape index (κ3) is 2.71. The minimum atomic E-state index is 0.506. The van der Waals surface area contributed by atoms with Crippen molar-refractivity contribution in [1.82, 2.24) is 15.1 Å². The maximum Gasteiger partial charge on any atom is 0.228 e. The van der Waals surface area contributed by atoms with Crippen molar-refractivity contribution in [2.75, 3.05) is 11.9 Å². The Hall–Kier alpha value is -2.42. The van der Waals surface area contributed by atoms with Crippen molar-refractivity contribution in [2.24, 2.45) is 0 Å². The maximum absolute atomic E-state index is 8.94. The van der Waals surface area contributed by atoms with Gasteiger partial charge in [-0.25, -0.2) is 4.98 Å². The van der Waals surface area contributed by atoms with Crippen molar-refractivity contribution in [1.29, 1.82) is 5.26 Å². The van der Waals surface area contributed by atoms with E-state index in [-0.39, 0.29) is 0 Å². The van der Waals surface area contributed by atoms with Gasteiger partial charge in [0.25, 0.3) is 0 Å². The van der Waals surface area contributed by atoms with Gasteiger partial charge >= 0.3 is 0 Å².